The number of hydrogen-bond donors (Lipinski definition) is 1. The van der Waals surface area contributed by atoms with Gasteiger partial charge in [0.1, 0.15) is 18.2 Å². The fourth-order valence-electron chi connectivity index (χ4n) is 0.956. The zero-order valence-corrected chi connectivity index (χ0v) is 8.66. The minimum absolute atomic E-state index is 0.0395. The van der Waals surface area contributed by atoms with E-state index in [4.69, 9.17) is 9.84 Å². The van der Waals surface area contributed by atoms with Gasteiger partial charge in [-0.2, -0.15) is 0 Å². The Bertz CT molecular complexity index is 363. The summed E-state index contributed by atoms with van der Waals surface area (Å²) in [5.74, 6) is -1.53. The molecular formula is C11H13FO3. The van der Waals surface area contributed by atoms with E-state index in [-0.39, 0.29) is 12.4 Å². The van der Waals surface area contributed by atoms with Gasteiger partial charge in [0.05, 0.1) is 5.92 Å². The number of benzene rings is 1. The van der Waals surface area contributed by atoms with Crippen molar-refractivity contribution in [3.05, 3.63) is 29.6 Å². The van der Waals surface area contributed by atoms with Crippen molar-refractivity contribution in [2.24, 2.45) is 5.92 Å². The summed E-state index contributed by atoms with van der Waals surface area (Å²) in [6, 6.07) is 4.47. The first-order valence-electron chi connectivity index (χ1n) is 4.62. The minimum Gasteiger partial charge on any atom is -0.493 e. The van der Waals surface area contributed by atoms with Crippen molar-refractivity contribution in [2.45, 2.75) is 13.8 Å². The lowest BCUT2D eigenvalue weighted by molar-refractivity contribution is -0.142. The van der Waals surface area contributed by atoms with Gasteiger partial charge in [0.15, 0.2) is 0 Å². The summed E-state index contributed by atoms with van der Waals surface area (Å²) in [5, 5.41) is 8.60. The SMILES string of the molecule is Cc1ccc(OCC(C)C(=O)O)cc1F. The van der Waals surface area contributed by atoms with Crippen LogP contribution in [-0.4, -0.2) is 17.7 Å². The van der Waals surface area contributed by atoms with Gasteiger partial charge >= 0.3 is 5.97 Å². The third kappa shape index (κ3) is 3.23. The highest BCUT2D eigenvalue weighted by Crippen LogP contribution is 2.16. The first kappa shape index (κ1) is 11.5. The van der Waals surface area contributed by atoms with Gasteiger partial charge in [0.25, 0.3) is 0 Å². The molecule has 15 heavy (non-hydrogen) atoms. The van der Waals surface area contributed by atoms with E-state index >= 15 is 0 Å². The highest BCUT2D eigenvalue weighted by molar-refractivity contribution is 5.69. The second kappa shape index (κ2) is 4.77. The maximum Gasteiger partial charge on any atom is 0.309 e. The van der Waals surface area contributed by atoms with Gasteiger partial charge in [-0.05, 0) is 25.5 Å². The zero-order chi connectivity index (χ0) is 11.4. The molecule has 3 nitrogen and oxygen atoms in total. The van der Waals surface area contributed by atoms with Gasteiger partial charge in [-0.1, -0.05) is 6.07 Å². The molecule has 1 unspecified atom stereocenters. The lowest BCUT2D eigenvalue weighted by Crippen LogP contribution is -2.17. The lowest BCUT2D eigenvalue weighted by atomic mass is 10.2. The Balaban J connectivity index is 2.58. The van der Waals surface area contributed by atoms with Crippen LogP contribution in [0.3, 0.4) is 0 Å². The summed E-state index contributed by atoms with van der Waals surface area (Å²) in [4.78, 5) is 10.5. The van der Waals surface area contributed by atoms with Crippen LogP contribution in [0.2, 0.25) is 0 Å². The molecule has 0 spiro atoms. The fourth-order valence-corrected chi connectivity index (χ4v) is 0.956. The summed E-state index contributed by atoms with van der Waals surface area (Å²) >= 11 is 0. The number of carboxylic acids is 1. The van der Waals surface area contributed by atoms with Gasteiger partial charge in [-0.3, -0.25) is 4.79 Å². The molecule has 0 saturated carbocycles. The molecule has 1 aromatic carbocycles. The fraction of sp³-hybridized carbons (Fsp3) is 0.364. The molecular weight excluding hydrogens is 199 g/mol. The number of halogens is 1. The Morgan fingerprint density at radius 3 is 2.80 bits per heavy atom. The van der Waals surface area contributed by atoms with Crippen LogP contribution in [0.1, 0.15) is 12.5 Å². The molecule has 0 aromatic heterocycles. The molecule has 1 N–H and O–H groups in total. The quantitative estimate of drug-likeness (QED) is 0.832. The maximum atomic E-state index is 13.1. The summed E-state index contributed by atoms with van der Waals surface area (Å²) in [5.41, 5.74) is 0.536. The van der Waals surface area contributed by atoms with E-state index in [0.29, 0.717) is 11.3 Å². The number of aryl methyl sites for hydroxylation is 1. The highest BCUT2D eigenvalue weighted by atomic mass is 19.1. The van der Waals surface area contributed by atoms with Gasteiger partial charge in [-0.25, -0.2) is 4.39 Å². The van der Waals surface area contributed by atoms with Gasteiger partial charge in [0, 0.05) is 6.07 Å². The highest BCUT2D eigenvalue weighted by Gasteiger charge is 2.11. The van der Waals surface area contributed by atoms with Crippen molar-refractivity contribution in [2.75, 3.05) is 6.61 Å². The average Bonchev–Trinajstić information content (AvgIpc) is 2.19. The topological polar surface area (TPSA) is 46.5 Å². The summed E-state index contributed by atoms with van der Waals surface area (Å²) in [7, 11) is 0. The molecule has 0 amide bonds. The van der Waals surface area contributed by atoms with Crippen LogP contribution >= 0.6 is 0 Å². The van der Waals surface area contributed by atoms with Crippen molar-refractivity contribution >= 4 is 5.97 Å². The van der Waals surface area contributed by atoms with Crippen LogP contribution in [0.25, 0.3) is 0 Å². The number of rotatable bonds is 4. The first-order valence-corrected chi connectivity index (χ1v) is 4.62. The Kier molecular flexibility index (Phi) is 3.66. The monoisotopic (exact) mass is 212 g/mol. The number of ether oxygens (including phenoxy) is 1. The van der Waals surface area contributed by atoms with Crippen molar-refractivity contribution < 1.29 is 19.0 Å². The molecule has 0 heterocycles. The van der Waals surface area contributed by atoms with Crippen LogP contribution in [-0.2, 0) is 4.79 Å². The predicted molar refractivity (Wildman–Crippen MR) is 53.4 cm³/mol. The van der Waals surface area contributed by atoms with Crippen molar-refractivity contribution in [3.8, 4) is 5.75 Å². The van der Waals surface area contributed by atoms with E-state index < -0.39 is 11.9 Å². The summed E-state index contributed by atoms with van der Waals surface area (Å²) in [6.07, 6.45) is 0. The van der Waals surface area contributed by atoms with Crippen LogP contribution in [0.4, 0.5) is 4.39 Å². The molecule has 82 valence electrons. The average molecular weight is 212 g/mol. The van der Waals surface area contributed by atoms with Crippen molar-refractivity contribution in [3.63, 3.8) is 0 Å². The molecule has 1 aromatic rings. The predicted octanol–water partition coefficient (Wildman–Crippen LogP) is 2.23. The second-order valence-corrected chi connectivity index (χ2v) is 3.46. The number of hydrogen-bond acceptors (Lipinski definition) is 2. The van der Waals surface area contributed by atoms with E-state index in [0.717, 1.165) is 0 Å². The van der Waals surface area contributed by atoms with Gasteiger partial charge < -0.3 is 9.84 Å². The molecule has 0 aliphatic heterocycles. The smallest absolute Gasteiger partial charge is 0.309 e. The third-order valence-electron chi connectivity index (χ3n) is 2.06. The van der Waals surface area contributed by atoms with E-state index in [9.17, 15) is 9.18 Å². The van der Waals surface area contributed by atoms with Crippen LogP contribution in [0.5, 0.6) is 5.75 Å². The number of carbonyl (C=O) groups is 1. The molecule has 0 saturated heterocycles. The van der Waals surface area contributed by atoms with Gasteiger partial charge in [-0.15, -0.1) is 0 Å². The Labute approximate surface area is 87.5 Å². The molecule has 4 heteroatoms. The van der Waals surface area contributed by atoms with E-state index in [1.165, 1.54) is 13.0 Å². The third-order valence-corrected chi connectivity index (χ3v) is 2.06. The van der Waals surface area contributed by atoms with Crippen LogP contribution < -0.4 is 4.74 Å². The van der Waals surface area contributed by atoms with E-state index in [1.54, 1.807) is 19.1 Å². The molecule has 1 atom stereocenters. The lowest BCUT2D eigenvalue weighted by Gasteiger charge is -2.09. The normalized spacial score (nSPS) is 12.2. The summed E-state index contributed by atoms with van der Waals surface area (Å²) in [6.45, 7) is 3.23. The van der Waals surface area contributed by atoms with E-state index in [2.05, 4.69) is 0 Å². The number of aliphatic carboxylic acids is 1. The molecule has 0 radical (unpaired) electrons. The Morgan fingerprint density at radius 1 is 1.60 bits per heavy atom. The second-order valence-electron chi connectivity index (χ2n) is 3.46. The first-order chi connectivity index (χ1) is 7.00. The van der Waals surface area contributed by atoms with Gasteiger partial charge in [0.2, 0.25) is 0 Å². The molecule has 0 aliphatic rings. The maximum absolute atomic E-state index is 13.1. The Morgan fingerprint density at radius 2 is 2.27 bits per heavy atom. The molecule has 1 rings (SSSR count). The van der Waals surface area contributed by atoms with Crippen LogP contribution in [0, 0.1) is 18.7 Å². The molecule has 0 fully saturated rings. The summed E-state index contributed by atoms with van der Waals surface area (Å²) < 4.78 is 18.2. The largest absolute Gasteiger partial charge is 0.493 e. The zero-order valence-electron chi connectivity index (χ0n) is 8.66. The van der Waals surface area contributed by atoms with Crippen molar-refractivity contribution in [1.82, 2.24) is 0 Å². The minimum atomic E-state index is -0.928. The standard InChI is InChI=1S/C11H13FO3/c1-7-3-4-9(5-10(7)12)15-6-8(2)11(13)14/h3-5,8H,6H2,1-2H3,(H,13,14). The number of carboxylic acid groups (broad SMARTS) is 1. The van der Waals surface area contributed by atoms with E-state index in [1.807, 2.05) is 0 Å². The van der Waals surface area contributed by atoms with Crippen LogP contribution in [0.15, 0.2) is 18.2 Å². The van der Waals surface area contributed by atoms with Crippen molar-refractivity contribution in [1.29, 1.82) is 0 Å². The Hall–Kier alpha value is -1.58. The molecule has 0 aliphatic carbocycles. The molecule has 0 bridgehead atoms.